The van der Waals surface area contributed by atoms with E-state index in [2.05, 4.69) is 17.0 Å². The number of hydrogen-bond donors (Lipinski definition) is 1. The van der Waals surface area contributed by atoms with Crippen molar-refractivity contribution in [2.24, 2.45) is 5.73 Å². The summed E-state index contributed by atoms with van der Waals surface area (Å²) < 4.78 is 18.6. The number of nitrogens with two attached hydrogens (primary N) is 1. The number of Topliss-reactive ketones (excluding diaryl/α,β-unsaturated/α-hetero) is 1. The maximum absolute atomic E-state index is 12.9. The van der Waals surface area contributed by atoms with Crippen LogP contribution in [-0.2, 0) is 11.2 Å². The third-order valence-corrected chi connectivity index (χ3v) is 7.12. The first-order valence-corrected chi connectivity index (χ1v) is 13.6. The Bertz CT molecular complexity index is 1270. The molecule has 5 nitrogen and oxygen atoms in total. The van der Waals surface area contributed by atoms with Gasteiger partial charge in [-0.25, -0.2) is 4.39 Å². The van der Waals surface area contributed by atoms with Crippen LogP contribution in [0.2, 0.25) is 5.02 Å². The average Bonchev–Trinajstić information content (AvgIpc) is 3.57. The summed E-state index contributed by atoms with van der Waals surface area (Å²) in [6.45, 7) is 5.61. The minimum atomic E-state index is -0.978. The molecule has 38 heavy (non-hydrogen) atoms. The van der Waals surface area contributed by atoms with Gasteiger partial charge in [-0.3, -0.25) is 9.59 Å². The summed E-state index contributed by atoms with van der Waals surface area (Å²) in [5, 5.41) is 0.769. The molecule has 2 aliphatic rings. The number of benzene rings is 3. The molecule has 1 aliphatic heterocycles. The van der Waals surface area contributed by atoms with E-state index in [-0.39, 0.29) is 11.4 Å². The number of nitrogens with zero attached hydrogens (tertiary/aromatic N) is 1. The van der Waals surface area contributed by atoms with Crippen LogP contribution in [-0.4, -0.2) is 42.3 Å². The highest BCUT2D eigenvalue weighted by Gasteiger charge is 2.24. The number of primary amides is 1. The Morgan fingerprint density at radius 2 is 1.74 bits per heavy atom. The number of carbonyl (C=O) groups excluding carboxylic acids is 2. The van der Waals surface area contributed by atoms with Gasteiger partial charge in [-0.15, -0.1) is 0 Å². The van der Waals surface area contributed by atoms with Gasteiger partial charge in [0.2, 0.25) is 5.78 Å². The lowest BCUT2D eigenvalue weighted by molar-refractivity contribution is -0.114. The molecular weight excluding hydrogens is 503 g/mol. The predicted octanol–water partition coefficient (Wildman–Crippen LogP) is 6.38. The van der Waals surface area contributed by atoms with E-state index < -0.39 is 11.7 Å². The molecule has 2 fully saturated rings. The average molecular weight is 537 g/mol. The number of hydrogen-bond acceptors (Lipinski definition) is 4. The van der Waals surface area contributed by atoms with E-state index in [1.807, 2.05) is 13.0 Å². The summed E-state index contributed by atoms with van der Waals surface area (Å²) in [5.41, 5.74) is 9.08. The number of rotatable bonds is 9. The van der Waals surface area contributed by atoms with Crippen molar-refractivity contribution in [3.05, 3.63) is 88.2 Å². The van der Waals surface area contributed by atoms with Crippen molar-refractivity contribution in [3.63, 3.8) is 0 Å². The van der Waals surface area contributed by atoms with E-state index in [1.54, 1.807) is 30.3 Å². The van der Waals surface area contributed by atoms with Crippen LogP contribution in [0.4, 0.5) is 4.39 Å². The molecule has 2 N–H and O–H groups in total. The van der Waals surface area contributed by atoms with E-state index in [9.17, 15) is 14.0 Å². The van der Waals surface area contributed by atoms with E-state index in [0.29, 0.717) is 6.10 Å². The lowest BCUT2D eigenvalue weighted by atomic mass is 9.97. The molecule has 1 saturated heterocycles. The second-order valence-corrected chi connectivity index (χ2v) is 10.4. The van der Waals surface area contributed by atoms with Gasteiger partial charge in [-0.05, 0) is 118 Å². The summed E-state index contributed by atoms with van der Waals surface area (Å²) in [6, 6.07) is 17.2. The monoisotopic (exact) mass is 536 g/mol. The molecular formula is C31H34ClFN2O3. The van der Waals surface area contributed by atoms with Gasteiger partial charge in [-0.2, -0.15) is 0 Å². The molecule has 1 saturated carbocycles. The van der Waals surface area contributed by atoms with Crippen LogP contribution < -0.4 is 10.5 Å². The standard InChI is InChI=1S/C16H22ClNO.C15H12FNO2/c17-15-12-13(4-3-11-18-9-1-2-10-18)5-8-16(15)19-14-6-7-14;1-9-8-11(14(18)15(17)19)4-7-13(9)10-2-5-12(16)6-3-10/h5,8,12,14H,1-4,6-7,9-11H2;2-8H,1H3,(H2,17,19). The topological polar surface area (TPSA) is 72.6 Å². The highest BCUT2D eigenvalue weighted by atomic mass is 35.5. The molecule has 1 amide bonds. The van der Waals surface area contributed by atoms with Crippen LogP contribution in [0, 0.1) is 12.7 Å². The Balaban J connectivity index is 0.000000177. The Labute approximate surface area is 228 Å². The summed E-state index contributed by atoms with van der Waals surface area (Å²) >= 11 is 6.27. The van der Waals surface area contributed by atoms with E-state index >= 15 is 0 Å². The molecule has 1 heterocycles. The maximum atomic E-state index is 12.9. The lowest BCUT2D eigenvalue weighted by Gasteiger charge is -2.14. The summed E-state index contributed by atoms with van der Waals surface area (Å²) in [4.78, 5) is 24.9. The molecule has 200 valence electrons. The van der Waals surface area contributed by atoms with E-state index in [1.165, 1.54) is 69.4 Å². The normalized spacial score (nSPS) is 15.0. The van der Waals surface area contributed by atoms with Crippen LogP contribution in [0.25, 0.3) is 11.1 Å². The summed E-state index contributed by atoms with van der Waals surface area (Å²) in [6.07, 6.45) is 7.84. The first-order chi connectivity index (χ1) is 18.3. The molecule has 7 heteroatoms. The number of carbonyl (C=O) groups is 2. The van der Waals surface area contributed by atoms with Crippen LogP contribution in [0.15, 0.2) is 60.7 Å². The molecule has 0 radical (unpaired) electrons. The first-order valence-electron chi connectivity index (χ1n) is 13.2. The van der Waals surface area contributed by atoms with Crippen molar-refractivity contribution in [1.82, 2.24) is 4.90 Å². The van der Waals surface area contributed by atoms with Gasteiger partial charge >= 0.3 is 0 Å². The molecule has 5 rings (SSSR count). The molecule has 3 aromatic carbocycles. The number of likely N-dealkylation sites (tertiary alicyclic amines) is 1. The van der Waals surface area contributed by atoms with Gasteiger partial charge in [0.25, 0.3) is 5.91 Å². The lowest BCUT2D eigenvalue weighted by Crippen LogP contribution is -2.23. The molecule has 0 unspecified atom stereocenters. The highest BCUT2D eigenvalue weighted by molar-refractivity contribution is 6.42. The fourth-order valence-electron chi connectivity index (χ4n) is 4.57. The minimum Gasteiger partial charge on any atom is -0.489 e. The van der Waals surface area contributed by atoms with E-state index in [0.717, 1.165) is 33.9 Å². The zero-order valence-electron chi connectivity index (χ0n) is 21.7. The molecule has 1 aliphatic carbocycles. The van der Waals surface area contributed by atoms with Gasteiger partial charge in [0.05, 0.1) is 11.1 Å². The van der Waals surface area contributed by atoms with Crippen molar-refractivity contribution < 1.29 is 18.7 Å². The van der Waals surface area contributed by atoms with Gasteiger partial charge in [0.15, 0.2) is 0 Å². The fourth-order valence-corrected chi connectivity index (χ4v) is 4.82. The zero-order chi connectivity index (χ0) is 27.1. The number of amides is 1. The van der Waals surface area contributed by atoms with Crippen molar-refractivity contribution in [1.29, 1.82) is 0 Å². The number of aryl methyl sites for hydroxylation is 2. The third-order valence-electron chi connectivity index (χ3n) is 6.82. The van der Waals surface area contributed by atoms with Gasteiger partial charge in [0, 0.05) is 5.56 Å². The van der Waals surface area contributed by atoms with Gasteiger partial charge in [-0.1, -0.05) is 41.9 Å². The van der Waals surface area contributed by atoms with Crippen molar-refractivity contribution in [3.8, 4) is 16.9 Å². The predicted molar refractivity (Wildman–Crippen MR) is 149 cm³/mol. The first kappa shape index (κ1) is 27.8. The molecule has 0 bridgehead atoms. The molecule has 0 spiro atoms. The van der Waals surface area contributed by atoms with Crippen LogP contribution in [0.1, 0.15) is 53.6 Å². The fraction of sp³-hybridized carbons (Fsp3) is 0.355. The largest absolute Gasteiger partial charge is 0.489 e. The number of ether oxygens (including phenoxy) is 1. The number of halogens is 2. The van der Waals surface area contributed by atoms with Crippen LogP contribution in [0.5, 0.6) is 5.75 Å². The molecule has 0 atom stereocenters. The van der Waals surface area contributed by atoms with Crippen molar-refractivity contribution in [2.45, 2.75) is 51.6 Å². The van der Waals surface area contributed by atoms with Crippen LogP contribution >= 0.6 is 11.6 Å². The Morgan fingerprint density at radius 3 is 2.34 bits per heavy atom. The Hall–Kier alpha value is -3.22. The smallest absolute Gasteiger partial charge is 0.289 e. The molecule has 0 aromatic heterocycles. The Morgan fingerprint density at radius 1 is 1.03 bits per heavy atom. The molecule has 3 aromatic rings. The van der Waals surface area contributed by atoms with E-state index in [4.69, 9.17) is 22.1 Å². The Kier molecular flexibility index (Phi) is 9.53. The summed E-state index contributed by atoms with van der Waals surface area (Å²) in [7, 11) is 0. The number of ketones is 1. The second kappa shape index (κ2) is 13.0. The maximum Gasteiger partial charge on any atom is 0.289 e. The zero-order valence-corrected chi connectivity index (χ0v) is 22.5. The van der Waals surface area contributed by atoms with Gasteiger partial charge in [0.1, 0.15) is 11.6 Å². The SMILES string of the molecule is Cc1cc(C(=O)C(N)=O)ccc1-c1ccc(F)cc1.Clc1cc(CCCN2CCCC2)ccc1OC1CC1. The van der Waals surface area contributed by atoms with Gasteiger partial charge < -0.3 is 15.4 Å². The summed E-state index contributed by atoms with van der Waals surface area (Å²) in [5.74, 6) is -1.14. The van der Waals surface area contributed by atoms with Crippen molar-refractivity contribution >= 4 is 23.3 Å². The second-order valence-electron chi connectivity index (χ2n) is 9.96. The highest BCUT2D eigenvalue weighted by Crippen LogP contribution is 2.32. The van der Waals surface area contributed by atoms with Crippen molar-refractivity contribution in [2.75, 3.05) is 19.6 Å². The van der Waals surface area contributed by atoms with Crippen LogP contribution in [0.3, 0.4) is 0 Å². The minimum absolute atomic E-state index is 0.260. The quantitative estimate of drug-likeness (QED) is 0.254. The third kappa shape index (κ3) is 7.89.